The molecule has 0 spiro atoms. The monoisotopic (exact) mass is 337 g/mol. The Bertz CT molecular complexity index is 454. The number of rotatable bonds is 3. The Morgan fingerprint density at radius 3 is 2.76 bits per heavy atom. The lowest BCUT2D eigenvalue weighted by molar-refractivity contribution is -0.128. The summed E-state index contributed by atoms with van der Waals surface area (Å²) in [7, 11) is 0. The Hall–Kier alpha value is -0.910. The first kappa shape index (κ1) is 20.1. The highest BCUT2D eigenvalue weighted by Gasteiger charge is 2.37. The van der Waals surface area contributed by atoms with E-state index in [9.17, 15) is 9.18 Å². The van der Waals surface area contributed by atoms with Crippen LogP contribution in [0.3, 0.4) is 0 Å². The second kappa shape index (κ2) is 8.51. The first-order valence-corrected chi connectivity index (χ1v) is 6.66. The van der Waals surface area contributed by atoms with Crippen molar-refractivity contribution >= 4 is 30.7 Å². The molecule has 1 amide bonds. The summed E-state index contributed by atoms with van der Waals surface area (Å²) in [5.41, 5.74) is 6.40. The Morgan fingerprint density at radius 1 is 1.48 bits per heavy atom. The number of pyridine rings is 1. The molecule has 0 aromatic carbocycles. The quantitative estimate of drug-likeness (QED) is 0.890. The van der Waals surface area contributed by atoms with Crippen molar-refractivity contribution in [2.75, 3.05) is 0 Å². The van der Waals surface area contributed by atoms with Gasteiger partial charge in [0.15, 0.2) is 0 Å². The molecule has 2 atom stereocenters. The lowest BCUT2D eigenvalue weighted by atomic mass is 9.74. The molecule has 4 nitrogen and oxygen atoms in total. The smallest absolute Gasteiger partial charge is 0.225 e. The van der Waals surface area contributed by atoms with Crippen LogP contribution in [-0.4, -0.2) is 16.4 Å². The van der Waals surface area contributed by atoms with Gasteiger partial charge < -0.3 is 11.1 Å². The van der Waals surface area contributed by atoms with E-state index < -0.39 is 5.54 Å². The molecule has 0 radical (unpaired) electrons. The molecule has 1 heterocycles. The molecule has 1 saturated carbocycles. The second-order valence-corrected chi connectivity index (χ2v) is 5.49. The number of hydrogen-bond donors (Lipinski definition) is 2. The normalized spacial score (nSPS) is 24.4. The summed E-state index contributed by atoms with van der Waals surface area (Å²) in [6, 6.07) is 2.90. The van der Waals surface area contributed by atoms with Crippen molar-refractivity contribution in [2.45, 2.75) is 44.7 Å². The van der Waals surface area contributed by atoms with E-state index in [4.69, 9.17) is 5.73 Å². The van der Waals surface area contributed by atoms with Gasteiger partial charge in [-0.1, -0.05) is 12.8 Å². The maximum absolute atomic E-state index is 12.7. The van der Waals surface area contributed by atoms with E-state index in [0.29, 0.717) is 12.2 Å². The topological polar surface area (TPSA) is 68.0 Å². The molecule has 0 aliphatic heterocycles. The number of amides is 1. The van der Waals surface area contributed by atoms with Gasteiger partial charge in [0.1, 0.15) is 5.82 Å². The number of hydrogen-bond acceptors (Lipinski definition) is 3. The molecule has 21 heavy (non-hydrogen) atoms. The predicted molar refractivity (Wildman–Crippen MR) is 85.1 cm³/mol. The minimum Gasteiger partial charge on any atom is -0.350 e. The minimum absolute atomic E-state index is 0. The number of nitrogens with one attached hydrogen (secondary N) is 1. The number of nitrogens with two attached hydrogens (primary N) is 1. The van der Waals surface area contributed by atoms with Crippen molar-refractivity contribution in [2.24, 2.45) is 11.7 Å². The molecule has 1 aliphatic carbocycles. The molecule has 2 unspecified atom stereocenters. The van der Waals surface area contributed by atoms with E-state index in [2.05, 4.69) is 10.3 Å². The third-order valence-corrected chi connectivity index (χ3v) is 3.80. The summed E-state index contributed by atoms with van der Waals surface area (Å²) in [6.45, 7) is 2.25. The molecule has 1 fully saturated rings. The van der Waals surface area contributed by atoms with Crippen LogP contribution in [0, 0.1) is 11.7 Å². The van der Waals surface area contributed by atoms with E-state index in [-0.39, 0.29) is 42.5 Å². The van der Waals surface area contributed by atoms with Gasteiger partial charge in [-0.25, -0.2) is 4.39 Å². The van der Waals surface area contributed by atoms with E-state index in [0.717, 1.165) is 31.9 Å². The first-order chi connectivity index (χ1) is 8.99. The fraction of sp³-hybridized carbons (Fsp3) is 0.571. The molecule has 1 aliphatic rings. The minimum atomic E-state index is -0.432. The van der Waals surface area contributed by atoms with Crippen LogP contribution in [0.5, 0.6) is 0 Å². The van der Waals surface area contributed by atoms with Gasteiger partial charge in [0.25, 0.3) is 0 Å². The third kappa shape index (κ3) is 5.41. The summed E-state index contributed by atoms with van der Waals surface area (Å²) in [4.78, 5) is 16.1. The van der Waals surface area contributed by atoms with Gasteiger partial charge in [0.2, 0.25) is 5.91 Å². The van der Waals surface area contributed by atoms with Crippen LogP contribution in [0.4, 0.5) is 4.39 Å². The summed E-state index contributed by atoms with van der Waals surface area (Å²) >= 11 is 0. The van der Waals surface area contributed by atoms with Crippen molar-refractivity contribution in [3.05, 3.63) is 29.8 Å². The highest BCUT2D eigenvalue weighted by molar-refractivity contribution is 5.85. The predicted octanol–water partition coefficient (Wildman–Crippen LogP) is 2.59. The molecule has 120 valence electrons. The van der Waals surface area contributed by atoms with Crippen LogP contribution in [0.25, 0.3) is 0 Å². The zero-order valence-corrected chi connectivity index (χ0v) is 13.6. The van der Waals surface area contributed by atoms with E-state index >= 15 is 0 Å². The lowest BCUT2D eigenvalue weighted by Gasteiger charge is -2.37. The number of carbonyl (C=O) groups excluding carboxylic acids is 1. The molecular formula is C14H22Cl2FN3O. The fourth-order valence-electron chi connectivity index (χ4n) is 2.60. The van der Waals surface area contributed by atoms with Crippen LogP contribution in [0.2, 0.25) is 0 Å². The van der Waals surface area contributed by atoms with Gasteiger partial charge in [0.05, 0.1) is 24.4 Å². The van der Waals surface area contributed by atoms with Crippen LogP contribution >= 0.6 is 24.8 Å². The molecule has 3 N–H and O–H groups in total. The van der Waals surface area contributed by atoms with Gasteiger partial charge in [-0.2, -0.15) is 0 Å². The van der Waals surface area contributed by atoms with Crippen molar-refractivity contribution in [3.8, 4) is 0 Å². The molecule has 0 bridgehead atoms. The number of nitrogens with zero attached hydrogens (tertiary/aromatic N) is 1. The summed E-state index contributed by atoms with van der Waals surface area (Å²) in [5.74, 6) is -0.561. The standard InChI is InChI=1S/C14H20FN3O.2ClH/c1-14(16)7-3-2-4-12(14)13(19)18-9-11-6-5-10(15)8-17-11;;/h5-6,8,12H,2-4,7,9,16H2,1H3,(H,18,19);2*1H. The van der Waals surface area contributed by atoms with Crippen molar-refractivity contribution in [1.29, 1.82) is 0 Å². The third-order valence-electron chi connectivity index (χ3n) is 3.80. The van der Waals surface area contributed by atoms with Gasteiger partial charge in [-0.15, -0.1) is 24.8 Å². The van der Waals surface area contributed by atoms with Gasteiger partial charge in [-0.05, 0) is 31.9 Å². The second-order valence-electron chi connectivity index (χ2n) is 5.49. The number of carbonyl (C=O) groups is 1. The zero-order chi connectivity index (χ0) is 13.9. The van der Waals surface area contributed by atoms with Crippen LogP contribution in [0.15, 0.2) is 18.3 Å². The van der Waals surface area contributed by atoms with E-state index in [1.54, 1.807) is 6.07 Å². The van der Waals surface area contributed by atoms with Crippen LogP contribution in [0.1, 0.15) is 38.3 Å². The summed E-state index contributed by atoms with van der Waals surface area (Å²) < 4.78 is 12.7. The van der Waals surface area contributed by atoms with E-state index in [1.165, 1.54) is 6.07 Å². The highest BCUT2D eigenvalue weighted by Crippen LogP contribution is 2.31. The van der Waals surface area contributed by atoms with Crippen molar-refractivity contribution in [1.82, 2.24) is 10.3 Å². The first-order valence-electron chi connectivity index (χ1n) is 6.66. The largest absolute Gasteiger partial charge is 0.350 e. The molecule has 1 aromatic heterocycles. The number of halogens is 3. The Labute approximate surface area is 136 Å². The van der Waals surface area contributed by atoms with E-state index in [1.807, 2.05) is 6.92 Å². The average molecular weight is 338 g/mol. The van der Waals surface area contributed by atoms with Crippen LogP contribution in [-0.2, 0) is 11.3 Å². The maximum atomic E-state index is 12.7. The van der Waals surface area contributed by atoms with Crippen molar-refractivity contribution < 1.29 is 9.18 Å². The Kier molecular flexibility index (Phi) is 8.14. The van der Waals surface area contributed by atoms with Crippen LogP contribution < -0.4 is 11.1 Å². The summed E-state index contributed by atoms with van der Waals surface area (Å²) in [6.07, 6.45) is 4.97. The fourth-order valence-corrected chi connectivity index (χ4v) is 2.60. The van der Waals surface area contributed by atoms with Gasteiger partial charge >= 0.3 is 0 Å². The highest BCUT2D eigenvalue weighted by atomic mass is 35.5. The van der Waals surface area contributed by atoms with Crippen molar-refractivity contribution in [3.63, 3.8) is 0 Å². The molecule has 7 heteroatoms. The molecule has 0 saturated heterocycles. The SMILES string of the molecule is CC1(N)CCCCC1C(=O)NCc1ccc(F)cn1.Cl.Cl. The molecule has 1 aromatic rings. The average Bonchev–Trinajstić information content (AvgIpc) is 2.37. The summed E-state index contributed by atoms with van der Waals surface area (Å²) in [5, 5.41) is 2.84. The Balaban J connectivity index is 0.00000200. The Morgan fingerprint density at radius 2 is 2.19 bits per heavy atom. The maximum Gasteiger partial charge on any atom is 0.225 e. The zero-order valence-electron chi connectivity index (χ0n) is 12.0. The molecular weight excluding hydrogens is 316 g/mol. The molecule has 2 rings (SSSR count). The number of aromatic nitrogens is 1. The van der Waals surface area contributed by atoms with Gasteiger partial charge in [-0.3, -0.25) is 9.78 Å². The van der Waals surface area contributed by atoms with Gasteiger partial charge in [0, 0.05) is 5.54 Å². The lowest BCUT2D eigenvalue weighted by Crippen LogP contribution is -2.52.